The van der Waals surface area contributed by atoms with Gasteiger partial charge in [0, 0.05) is 11.6 Å². The molecule has 10 heteroatoms. The number of rotatable bonds is 6. The van der Waals surface area contributed by atoms with E-state index in [4.69, 9.17) is 0 Å². The summed E-state index contributed by atoms with van der Waals surface area (Å²) in [6.07, 6.45) is -4.47. The predicted octanol–water partition coefficient (Wildman–Crippen LogP) is 2.29. The molecule has 1 atom stereocenters. The van der Waals surface area contributed by atoms with Crippen molar-refractivity contribution in [1.29, 1.82) is 0 Å². The molecule has 0 spiro atoms. The summed E-state index contributed by atoms with van der Waals surface area (Å²) in [6, 6.07) is 3.39. The maximum absolute atomic E-state index is 13.5. The molecule has 1 unspecified atom stereocenters. The maximum Gasteiger partial charge on any atom is 0.422 e. The number of aromatic nitrogens is 3. The molecule has 2 heterocycles. The Hall–Kier alpha value is -2.65. The van der Waals surface area contributed by atoms with Gasteiger partial charge in [-0.2, -0.15) is 18.3 Å². The van der Waals surface area contributed by atoms with E-state index in [-0.39, 0.29) is 0 Å². The van der Waals surface area contributed by atoms with Gasteiger partial charge in [0.05, 0.1) is 5.69 Å². The first kappa shape index (κ1) is 19.7. The third kappa shape index (κ3) is 3.63. The van der Waals surface area contributed by atoms with E-state index in [0.717, 1.165) is 4.68 Å². The van der Waals surface area contributed by atoms with E-state index in [1.807, 2.05) is 0 Å². The molecule has 2 aromatic heterocycles. The Bertz CT molecular complexity index is 832. The van der Waals surface area contributed by atoms with Crippen LogP contribution in [-0.2, 0) is 16.1 Å². The highest BCUT2D eigenvalue weighted by atomic mass is 19.4. The Morgan fingerprint density at radius 1 is 1.35 bits per heavy atom. The zero-order valence-corrected chi connectivity index (χ0v) is 14.5. The standard InChI is InChI=1S/C16H19F3N4O3/c1-9(2)7-15(14(25)26,16(17,18)19)21-12(24)8-23-13-11(10(3)22-23)5-4-6-20-13/h4-6,9H,7-8H2,1-3H3,(H,21,24)(H,25,26). The van der Waals surface area contributed by atoms with Crippen molar-refractivity contribution in [3.63, 3.8) is 0 Å². The van der Waals surface area contributed by atoms with Crippen LogP contribution in [-0.4, -0.2) is 43.5 Å². The molecule has 0 aliphatic carbocycles. The van der Waals surface area contributed by atoms with Crippen LogP contribution in [0, 0.1) is 12.8 Å². The van der Waals surface area contributed by atoms with Crippen molar-refractivity contribution in [2.24, 2.45) is 5.92 Å². The lowest BCUT2D eigenvalue weighted by Gasteiger charge is -2.33. The Kier molecular flexibility index (Phi) is 5.24. The van der Waals surface area contributed by atoms with Crippen LogP contribution in [0.3, 0.4) is 0 Å². The minimum atomic E-state index is -5.15. The van der Waals surface area contributed by atoms with Crippen molar-refractivity contribution in [3.8, 4) is 0 Å². The van der Waals surface area contributed by atoms with Gasteiger partial charge in [-0.15, -0.1) is 0 Å². The molecule has 0 aromatic carbocycles. The maximum atomic E-state index is 13.5. The summed E-state index contributed by atoms with van der Waals surface area (Å²) in [6.45, 7) is 3.99. The number of alkyl halides is 3. The van der Waals surface area contributed by atoms with Crippen LogP contribution in [0.2, 0.25) is 0 Å². The summed E-state index contributed by atoms with van der Waals surface area (Å²) >= 11 is 0. The number of nitrogens with zero attached hydrogens (tertiary/aromatic N) is 3. The molecule has 7 nitrogen and oxygen atoms in total. The van der Waals surface area contributed by atoms with Gasteiger partial charge in [-0.1, -0.05) is 13.8 Å². The Morgan fingerprint density at radius 3 is 2.54 bits per heavy atom. The average Bonchev–Trinajstić information content (AvgIpc) is 2.81. The molecule has 0 saturated carbocycles. The molecular weight excluding hydrogens is 353 g/mol. The highest BCUT2D eigenvalue weighted by Crippen LogP contribution is 2.36. The smallest absolute Gasteiger partial charge is 0.422 e. The van der Waals surface area contributed by atoms with Crippen molar-refractivity contribution in [1.82, 2.24) is 20.1 Å². The molecule has 1 amide bonds. The minimum Gasteiger partial charge on any atom is -0.479 e. The van der Waals surface area contributed by atoms with Crippen molar-refractivity contribution in [2.75, 3.05) is 0 Å². The molecule has 0 fully saturated rings. The Labute approximate surface area is 147 Å². The largest absolute Gasteiger partial charge is 0.479 e. The number of hydrogen-bond donors (Lipinski definition) is 2. The lowest BCUT2D eigenvalue weighted by molar-refractivity contribution is -0.214. The summed E-state index contributed by atoms with van der Waals surface area (Å²) in [5.74, 6) is -3.87. The second kappa shape index (κ2) is 6.93. The highest BCUT2D eigenvalue weighted by molar-refractivity contribution is 5.88. The summed E-state index contributed by atoms with van der Waals surface area (Å²) in [4.78, 5) is 27.8. The first-order valence-corrected chi connectivity index (χ1v) is 7.87. The van der Waals surface area contributed by atoms with E-state index in [9.17, 15) is 27.9 Å². The molecule has 142 valence electrons. The number of nitrogens with one attached hydrogen (secondary N) is 1. The average molecular weight is 372 g/mol. The van der Waals surface area contributed by atoms with Crippen molar-refractivity contribution in [2.45, 2.75) is 45.5 Å². The van der Waals surface area contributed by atoms with Gasteiger partial charge >= 0.3 is 12.1 Å². The van der Waals surface area contributed by atoms with Crippen LogP contribution in [0.25, 0.3) is 11.0 Å². The zero-order chi connectivity index (χ0) is 19.7. The van der Waals surface area contributed by atoms with Gasteiger partial charge < -0.3 is 10.4 Å². The van der Waals surface area contributed by atoms with Crippen LogP contribution in [0.1, 0.15) is 26.0 Å². The number of pyridine rings is 1. The summed E-state index contributed by atoms with van der Waals surface area (Å²) < 4.78 is 41.7. The third-order valence-electron chi connectivity index (χ3n) is 3.90. The monoisotopic (exact) mass is 372 g/mol. The first-order chi connectivity index (χ1) is 12.0. The number of carboxylic acid groups (broad SMARTS) is 1. The van der Waals surface area contributed by atoms with Gasteiger partial charge in [-0.3, -0.25) is 4.79 Å². The molecule has 0 aliphatic heterocycles. The number of carbonyl (C=O) groups is 2. The fourth-order valence-corrected chi connectivity index (χ4v) is 2.80. The Morgan fingerprint density at radius 2 is 2.00 bits per heavy atom. The third-order valence-corrected chi connectivity index (χ3v) is 3.90. The van der Waals surface area contributed by atoms with Gasteiger partial charge in [0.25, 0.3) is 0 Å². The second-order valence-corrected chi connectivity index (χ2v) is 6.47. The summed E-state index contributed by atoms with van der Waals surface area (Å²) in [7, 11) is 0. The summed E-state index contributed by atoms with van der Waals surface area (Å²) in [5, 5.41) is 15.6. The second-order valence-electron chi connectivity index (χ2n) is 6.47. The number of hydrogen-bond acceptors (Lipinski definition) is 4. The molecule has 0 aliphatic rings. The van der Waals surface area contributed by atoms with Crippen molar-refractivity contribution < 1.29 is 27.9 Å². The normalized spacial score (nSPS) is 14.4. The number of aryl methyl sites for hydroxylation is 1. The predicted molar refractivity (Wildman–Crippen MR) is 86.3 cm³/mol. The number of carbonyl (C=O) groups excluding carboxylic acids is 1. The first-order valence-electron chi connectivity index (χ1n) is 7.87. The van der Waals surface area contributed by atoms with Gasteiger partial charge in [-0.25, -0.2) is 14.5 Å². The van der Waals surface area contributed by atoms with Crippen molar-refractivity contribution >= 4 is 22.9 Å². The molecule has 0 saturated heterocycles. The SMILES string of the molecule is Cc1nn(CC(=O)NC(CC(C)C)(C(=O)O)C(F)(F)F)c2ncccc12. The molecule has 2 aromatic rings. The number of halogens is 3. The van der Waals surface area contributed by atoms with Gasteiger partial charge in [0.15, 0.2) is 5.65 Å². The molecule has 2 rings (SSSR count). The number of amides is 1. The van der Waals surface area contributed by atoms with Crippen LogP contribution < -0.4 is 5.32 Å². The van der Waals surface area contributed by atoms with E-state index in [0.29, 0.717) is 16.7 Å². The fraction of sp³-hybridized carbons (Fsp3) is 0.500. The van der Waals surface area contributed by atoms with E-state index in [1.54, 1.807) is 24.4 Å². The van der Waals surface area contributed by atoms with Gasteiger partial charge in [0.2, 0.25) is 11.4 Å². The van der Waals surface area contributed by atoms with Gasteiger partial charge in [0.1, 0.15) is 6.54 Å². The molecular formula is C16H19F3N4O3. The molecule has 2 N–H and O–H groups in total. The van der Waals surface area contributed by atoms with E-state index in [2.05, 4.69) is 10.1 Å². The minimum absolute atomic E-state index is 0.331. The number of carboxylic acids is 1. The number of fused-ring (bicyclic) bond motifs is 1. The molecule has 0 radical (unpaired) electrons. The van der Waals surface area contributed by atoms with Crippen LogP contribution >= 0.6 is 0 Å². The van der Waals surface area contributed by atoms with E-state index >= 15 is 0 Å². The fourth-order valence-electron chi connectivity index (χ4n) is 2.80. The molecule has 26 heavy (non-hydrogen) atoms. The Balaban J connectivity index is 2.33. The quantitative estimate of drug-likeness (QED) is 0.811. The topological polar surface area (TPSA) is 97.1 Å². The van der Waals surface area contributed by atoms with Crippen LogP contribution in [0.15, 0.2) is 18.3 Å². The summed E-state index contributed by atoms with van der Waals surface area (Å²) in [5.41, 5.74) is -2.47. The van der Waals surface area contributed by atoms with Crippen molar-refractivity contribution in [3.05, 3.63) is 24.0 Å². The zero-order valence-electron chi connectivity index (χ0n) is 14.5. The lowest BCUT2D eigenvalue weighted by atomic mass is 9.88. The molecule has 0 bridgehead atoms. The van der Waals surface area contributed by atoms with Crippen LogP contribution in [0.5, 0.6) is 0 Å². The van der Waals surface area contributed by atoms with E-state index in [1.165, 1.54) is 20.0 Å². The highest BCUT2D eigenvalue weighted by Gasteiger charge is 2.62. The van der Waals surface area contributed by atoms with E-state index < -0.39 is 42.5 Å². The number of aliphatic carboxylic acids is 1. The lowest BCUT2D eigenvalue weighted by Crippen LogP contribution is -2.65. The van der Waals surface area contributed by atoms with Crippen LogP contribution in [0.4, 0.5) is 13.2 Å². The van der Waals surface area contributed by atoms with Gasteiger partial charge in [-0.05, 0) is 31.4 Å².